The first-order chi connectivity index (χ1) is 7.83. The van der Waals surface area contributed by atoms with E-state index in [1.54, 1.807) is 0 Å². The largest absolute Gasteiger partial charge is 0.309 e. The molecule has 0 spiro atoms. The van der Waals surface area contributed by atoms with Gasteiger partial charge >= 0.3 is 0 Å². The van der Waals surface area contributed by atoms with Gasteiger partial charge in [-0.05, 0) is 35.7 Å². The molecule has 0 atom stereocenters. The molecule has 1 aliphatic rings. The highest BCUT2D eigenvalue weighted by atomic mass is 14.9. The number of aromatic nitrogens is 1. The Morgan fingerprint density at radius 3 is 2.62 bits per heavy atom. The fourth-order valence-electron chi connectivity index (χ4n) is 2.11. The van der Waals surface area contributed by atoms with Gasteiger partial charge in [0, 0.05) is 30.5 Å². The van der Waals surface area contributed by atoms with Crippen LogP contribution < -0.4 is 5.32 Å². The number of aryl methyl sites for hydroxylation is 1. The Balaban J connectivity index is 2.03. The summed E-state index contributed by atoms with van der Waals surface area (Å²) in [6.45, 7) is 4.00. The predicted octanol–water partition coefficient (Wildman–Crippen LogP) is 2.66. The summed E-state index contributed by atoms with van der Waals surface area (Å²) in [4.78, 5) is 4.33. The van der Waals surface area contributed by atoms with Gasteiger partial charge in [-0.25, -0.2) is 0 Å². The summed E-state index contributed by atoms with van der Waals surface area (Å²) in [6.07, 6.45) is 1.94. The SMILES string of the molecule is Cc1ccc(-c2ccc3c(c2)CNC3)cn1. The van der Waals surface area contributed by atoms with Crippen LogP contribution in [-0.4, -0.2) is 4.98 Å². The second-order valence-corrected chi connectivity index (χ2v) is 4.28. The lowest BCUT2D eigenvalue weighted by atomic mass is 10.0. The van der Waals surface area contributed by atoms with E-state index in [1.165, 1.54) is 22.3 Å². The molecule has 0 radical (unpaired) electrons. The molecular weight excluding hydrogens is 196 g/mol. The van der Waals surface area contributed by atoms with Crippen molar-refractivity contribution in [1.29, 1.82) is 0 Å². The summed E-state index contributed by atoms with van der Waals surface area (Å²) < 4.78 is 0. The third kappa shape index (κ3) is 1.61. The zero-order chi connectivity index (χ0) is 11.0. The van der Waals surface area contributed by atoms with Gasteiger partial charge in [0.15, 0.2) is 0 Å². The average Bonchev–Trinajstić information content (AvgIpc) is 2.77. The number of nitrogens with one attached hydrogen (secondary N) is 1. The van der Waals surface area contributed by atoms with E-state index in [-0.39, 0.29) is 0 Å². The van der Waals surface area contributed by atoms with Gasteiger partial charge in [0.05, 0.1) is 0 Å². The fraction of sp³-hybridized carbons (Fsp3) is 0.214. The van der Waals surface area contributed by atoms with Crippen LogP contribution in [0, 0.1) is 6.92 Å². The lowest BCUT2D eigenvalue weighted by molar-refractivity contribution is 0.765. The van der Waals surface area contributed by atoms with Crippen LogP contribution in [-0.2, 0) is 13.1 Å². The van der Waals surface area contributed by atoms with Gasteiger partial charge in [-0.3, -0.25) is 4.98 Å². The lowest BCUT2D eigenvalue weighted by Crippen LogP contribution is -1.99. The molecule has 16 heavy (non-hydrogen) atoms. The molecule has 1 aliphatic heterocycles. The Bertz CT molecular complexity index is 515. The zero-order valence-electron chi connectivity index (χ0n) is 9.33. The molecule has 0 aliphatic carbocycles. The lowest BCUT2D eigenvalue weighted by Gasteiger charge is -2.04. The molecule has 0 saturated carbocycles. The minimum Gasteiger partial charge on any atom is -0.309 e. The first kappa shape index (κ1) is 9.55. The molecule has 0 bridgehead atoms. The van der Waals surface area contributed by atoms with Crippen molar-refractivity contribution in [2.75, 3.05) is 0 Å². The van der Waals surface area contributed by atoms with Gasteiger partial charge in [-0.1, -0.05) is 18.2 Å². The zero-order valence-corrected chi connectivity index (χ0v) is 9.33. The molecule has 0 unspecified atom stereocenters. The summed E-state index contributed by atoms with van der Waals surface area (Å²) in [6, 6.07) is 10.8. The average molecular weight is 210 g/mol. The van der Waals surface area contributed by atoms with Gasteiger partial charge in [-0.15, -0.1) is 0 Å². The van der Waals surface area contributed by atoms with Crippen molar-refractivity contribution >= 4 is 0 Å². The number of rotatable bonds is 1. The Morgan fingerprint density at radius 1 is 1.00 bits per heavy atom. The summed E-state index contributed by atoms with van der Waals surface area (Å²) in [7, 11) is 0. The standard InChI is InChI=1S/C14H14N2/c1-10-2-3-13(9-16-10)11-4-5-12-7-15-8-14(12)6-11/h2-6,9,15H,7-8H2,1H3. The number of fused-ring (bicyclic) bond motifs is 1. The van der Waals surface area contributed by atoms with Crippen molar-refractivity contribution in [3.05, 3.63) is 53.3 Å². The van der Waals surface area contributed by atoms with Crippen LogP contribution in [0.2, 0.25) is 0 Å². The second kappa shape index (κ2) is 3.72. The Hall–Kier alpha value is -1.67. The molecule has 0 amide bonds. The Kier molecular flexibility index (Phi) is 2.22. The molecule has 80 valence electrons. The number of hydrogen-bond acceptors (Lipinski definition) is 2. The van der Waals surface area contributed by atoms with E-state index in [2.05, 4.69) is 40.6 Å². The number of pyridine rings is 1. The van der Waals surface area contributed by atoms with Crippen molar-refractivity contribution in [2.24, 2.45) is 0 Å². The van der Waals surface area contributed by atoms with E-state index >= 15 is 0 Å². The van der Waals surface area contributed by atoms with Crippen LogP contribution in [0.15, 0.2) is 36.5 Å². The quantitative estimate of drug-likeness (QED) is 0.782. The molecule has 1 N–H and O–H groups in total. The Labute approximate surface area is 95.3 Å². The predicted molar refractivity (Wildman–Crippen MR) is 65.0 cm³/mol. The van der Waals surface area contributed by atoms with Gasteiger partial charge < -0.3 is 5.32 Å². The molecule has 1 aromatic carbocycles. The number of hydrogen-bond donors (Lipinski definition) is 1. The molecule has 1 aromatic heterocycles. The molecule has 2 nitrogen and oxygen atoms in total. The highest BCUT2D eigenvalue weighted by Gasteiger charge is 2.10. The van der Waals surface area contributed by atoms with E-state index in [1.807, 2.05) is 13.1 Å². The van der Waals surface area contributed by atoms with E-state index in [0.29, 0.717) is 0 Å². The highest BCUT2D eigenvalue weighted by Crippen LogP contribution is 2.24. The monoisotopic (exact) mass is 210 g/mol. The van der Waals surface area contributed by atoms with Crippen LogP contribution in [0.5, 0.6) is 0 Å². The van der Waals surface area contributed by atoms with E-state index in [0.717, 1.165) is 18.8 Å². The maximum absolute atomic E-state index is 4.33. The van der Waals surface area contributed by atoms with Crippen molar-refractivity contribution in [1.82, 2.24) is 10.3 Å². The van der Waals surface area contributed by atoms with Gasteiger partial charge in [-0.2, -0.15) is 0 Å². The van der Waals surface area contributed by atoms with Crippen LogP contribution in [0.25, 0.3) is 11.1 Å². The normalized spacial score (nSPS) is 13.8. The van der Waals surface area contributed by atoms with Crippen molar-refractivity contribution in [3.63, 3.8) is 0 Å². The number of nitrogens with zero attached hydrogens (tertiary/aromatic N) is 1. The molecule has 0 fully saturated rings. The first-order valence-electron chi connectivity index (χ1n) is 5.58. The smallest absolute Gasteiger partial charge is 0.0373 e. The van der Waals surface area contributed by atoms with E-state index in [4.69, 9.17) is 0 Å². The molecule has 2 heterocycles. The second-order valence-electron chi connectivity index (χ2n) is 4.28. The molecule has 0 saturated heterocycles. The summed E-state index contributed by atoms with van der Waals surface area (Å²) >= 11 is 0. The maximum Gasteiger partial charge on any atom is 0.0373 e. The topological polar surface area (TPSA) is 24.9 Å². The van der Waals surface area contributed by atoms with Crippen LogP contribution in [0.4, 0.5) is 0 Å². The van der Waals surface area contributed by atoms with Gasteiger partial charge in [0.25, 0.3) is 0 Å². The van der Waals surface area contributed by atoms with Crippen molar-refractivity contribution in [3.8, 4) is 11.1 Å². The summed E-state index contributed by atoms with van der Waals surface area (Å²) in [5, 5.41) is 3.36. The number of benzene rings is 1. The van der Waals surface area contributed by atoms with Gasteiger partial charge in [0.2, 0.25) is 0 Å². The third-order valence-corrected chi connectivity index (χ3v) is 3.08. The van der Waals surface area contributed by atoms with Crippen molar-refractivity contribution < 1.29 is 0 Å². The van der Waals surface area contributed by atoms with Crippen molar-refractivity contribution in [2.45, 2.75) is 20.0 Å². The molecule has 3 rings (SSSR count). The molecule has 2 aromatic rings. The molecular formula is C14H14N2. The van der Waals surface area contributed by atoms with Crippen LogP contribution >= 0.6 is 0 Å². The van der Waals surface area contributed by atoms with E-state index < -0.39 is 0 Å². The van der Waals surface area contributed by atoms with E-state index in [9.17, 15) is 0 Å². The third-order valence-electron chi connectivity index (χ3n) is 3.08. The van der Waals surface area contributed by atoms with Crippen LogP contribution in [0.3, 0.4) is 0 Å². The summed E-state index contributed by atoms with van der Waals surface area (Å²) in [5.74, 6) is 0. The Morgan fingerprint density at radius 2 is 1.81 bits per heavy atom. The highest BCUT2D eigenvalue weighted by molar-refractivity contribution is 5.64. The van der Waals surface area contributed by atoms with Crippen LogP contribution in [0.1, 0.15) is 16.8 Å². The molecule has 2 heteroatoms. The maximum atomic E-state index is 4.33. The first-order valence-corrected chi connectivity index (χ1v) is 5.58. The summed E-state index contributed by atoms with van der Waals surface area (Å²) in [5.41, 5.74) is 6.35. The van der Waals surface area contributed by atoms with Gasteiger partial charge in [0.1, 0.15) is 0 Å². The minimum atomic E-state index is 0.989. The fourth-order valence-corrected chi connectivity index (χ4v) is 2.11. The minimum absolute atomic E-state index is 0.989.